The third kappa shape index (κ3) is 17.2. The topological polar surface area (TPSA) is 373 Å². The van der Waals surface area contributed by atoms with Crippen molar-refractivity contribution < 1.29 is 26.3 Å². The van der Waals surface area contributed by atoms with Gasteiger partial charge in [-0.2, -0.15) is 58.6 Å². The van der Waals surface area contributed by atoms with Crippen molar-refractivity contribution in [3.8, 4) is 5.69 Å². The lowest BCUT2D eigenvalue weighted by atomic mass is 10.1. The summed E-state index contributed by atoms with van der Waals surface area (Å²) in [4.78, 5) is 48.0. The van der Waals surface area contributed by atoms with Crippen molar-refractivity contribution in [3.05, 3.63) is 275 Å². The molecule has 14 heterocycles. The first-order valence-electron chi connectivity index (χ1n) is 36.7. The number of thiophene rings is 4. The molecule has 596 valence electrons. The Balaban J connectivity index is 0.000000107. The maximum atomic E-state index is 13.7. The van der Waals surface area contributed by atoms with Gasteiger partial charge in [-0.1, -0.05) is 0 Å². The number of benzene rings is 8. The molecule has 22 rings (SSSR count). The van der Waals surface area contributed by atoms with Gasteiger partial charge in [0.15, 0.2) is 23.3 Å². The van der Waals surface area contributed by atoms with E-state index in [-0.39, 0.29) is 24.6 Å². The number of hydrogen-bond donors (Lipinski definition) is 13. The van der Waals surface area contributed by atoms with E-state index in [2.05, 4.69) is 133 Å². The van der Waals surface area contributed by atoms with Crippen LogP contribution in [0.15, 0.2) is 241 Å². The minimum atomic E-state index is -4.63. The number of imidazole rings is 1. The lowest BCUT2D eigenvalue weighted by Gasteiger charge is -2.12. The smallest absolute Gasteiger partial charge is 0.350 e. The summed E-state index contributed by atoms with van der Waals surface area (Å²) in [6, 6.07) is 50.9. The number of rotatable bonds is 19. The van der Waals surface area contributed by atoms with E-state index in [0.717, 1.165) is 160 Å². The number of hydrogen-bond acceptors (Lipinski definition) is 27. The molecular weight excluding hydrogens is 1630 g/mol. The molecule has 121 heavy (non-hydrogen) atoms. The van der Waals surface area contributed by atoms with Crippen LogP contribution in [0.2, 0.25) is 0 Å². The zero-order valence-electron chi connectivity index (χ0n) is 62.1. The summed E-state index contributed by atoms with van der Waals surface area (Å²) in [5.74, 6) is 2.15. The molecule has 0 unspecified atom stereocenters. The maximum absolute atomic E-state index is 13.7. The van der Waals surface area contributed by atoms with Gasteiger partial charge in [0.2, 0.25) is 23.8 Å². The average molecular weight is 1690 g/mol. The van der Waals surface area contributed by atoms with Crippen LogP contribution >= 0.6 is 45.3 Å². The summed E-state index contributed by atoms with van der Waals surface area (Å²) in [5.41, 5.74) is 14.7. The summed E-state index contributed by atoms with van der Waals surface area (Å²) >= 11 is 6.21. The number of halogens is 6. The minimum absolute atomic E-state index is 0.0725. The molecule has 39 heteroatoms. The normalized spacial score (nSPS) is 11.5. The van der Waals surface area contributed by atoms with Crippen LogP contribution in [0.4, 0.5) is 108 Å². The van der Waals surface area contributed by atoms with Gasteiger partial charge >= 0.3 is 6.18 Å². The zero-order valence-corrected chi connectivity index (χ0v) is 65.3. The zero-order chi connectivity index (χ0) is 81.9. The Morgan fingerprint density at radius 3 is 1.16 bits per heavy atom. The quantitative estimate of drug-likeness (QED) is 0.0334. The van der Waals surface area contributed by atoms with Crippen LogP contribution in [0.25, 0.3) is 101 Å². The van der Waals surface area contributed by atoms with Gasteiger partial charge in [0.25, 0.3) is 0 Å². The van der Waals surface area contributed by atoms with E-state index in [0.29, 0.717) is 46.6 Å². The molecule has 0 aliphatic carbocycles. The van der Waals surface area contributed by atoms with Gasteiger partial charge in [-0.25, -0.2) is 47.8 Å². The summed E-state index contributed by atoms with van der Waals surface area (Å²) in [7, 11) is 0. The van der Waals surface area contributed by atoms with E-state index < -0.39 is 29.2 Å². The van der Waals surface area contributed by atoms with Crippen molar-refractivity contribution in [3.63, 3.8) is 0 Å². The predicted octanol–water partition coefficient (Wildman–Crippen LogP) is 20.8. The van der Waals surface area contributed by atoms with Crippen LogP contribution < -0.4 is 42.5 Å². The number of fused-ring (bicyclic) bond motifs is 9. The van der Waals surface area contributed by atoms with E-state index in [1.165, 1.54) is 41.1 Å². The summed E-state index contributed by atoms with van der Waals surface area (Å²) in [5, 5.41) is 69.9. The average Bonchev–Trinajstić information content (AvgIpc) is 1.71. The second-order valence-electron chi connectivity index (χ2n) is 26.9. The minimum Gasteiger partial charge on any atom is -0.350 e. The highest BCUT2D eigenvalue weighted by Crippen LogP contribution is 2.38. The number of nitrogens with zero attached hydrogens (tertiary/aromatic N) is 16. The van der Waals surface area contributed by atoms with E-state index >= 15 is 0 Å². The molecule has 22 aromatic rings. The highest BCUT2D eigenvalue weighted by Gasteiger charge is 2.31. The highest BCUT2D eigenvalue weighted by atomic mass is 32.1. The molecule has 0 fully saturated rings. The molecule has 0 spiro atoms. The van der Waals surface area contributed by atoms with Gasteiger partial charge in [0.1, 0.15) is 30.1 Å². The van der Waals surface area contributed by atoms with E-state index in [9.17, 15) is 26.3 Å². The van der Waals surface area contributed by atoms with Gasteiger partial charge < -0.3 is 47.5 Å². The summed E-state index contributed by atoms with van der Waals surface area (Å²) < 4.78 is 84.8. The second kappa shape index (κ2) is 32.8. The molecule has 13 N–H and O–H groups in total. The number of nitrogens with one attached hydrogen (secondary N) is 13. The van der Waals surface area contributed by atoms with Crippen LogP contribution in [0.5, 0.6) is 0 Å². The summed E-state index contributed by atoms with van der Waals surface area (Å²) in [6.45, 7) is 0.127. The van der Waals surface area contributed by atoms with Gasteiger partial charge in [-0.15, -0.1) is 45.3 Å². The third-order valence-electron chi connectivity index (χ3n) is 18.6. The molecule has 0 saturated heterocycles. The van der Waals surface area contributed by atoms with E-state index in [4.69, 9.17) is 9.97 Å². The fourth-order valence-electron chi connectivity index (χ4n) is 13.0. The largest absolute Gasteiger partial charge is 0.416 e. The molecule has 0 bridgehead atoms. The molecular formula is C82H57F6N29S4. The standard InChI is InChI=1S/C21H14F4N6S.C21H15N9S.C20H14F2N6S.C20H14N8S/c22-14-6-11(5-13(8-14)21(23,24)25)9-26-20-29-17-3-4-32-18(17)19(30-20)28-15-1-2-16-12(7-15)10-27-31-16;1-4-16(30-12-22-11-24-30)5-2-14(1)26-21-27-18-7-8-31-19(18)20(28-21)25-15-3-6-17-13(9-15)10-23-29-17;21-13-5-11(6-14(22)8-13)9-23-20-26-17-3-4-29-18(17)19(27-20)25-15-1-2-16-12(7-15)10-24-28-16;1-3-14-11(9-23-28-14)7-12(1)24-19-18-16(5-6-29-18)26-20(27-19)25-13-2-4-15-17(8-13)22-10-21-15/h1-8,10H,9H2,(H,27,31)(H2,26,28,29,30);1-12H,(H,23,29)(H2,25,26,27,28);1-8,10H,9H2,(H,24,28)(H2,23,25,26,27);1-10H,(H,21,22)(H,23,28)(H2,24,25,26,27). The summed E-state index contributed by atoms with van der Waals surface area (Å²) in [6.07, 6.45) is 7.30. The number of aromatic amines is 5. The first kappa shape index (κ1) is 75.4. The van der Waals surface area contributed by atoms with Crippen LogP contribution in [0.1, 0.15) is 16.7 Å². The second-order valence-corrected chi connectivity index (χ2v) is 30.6. The Morgan fingerprint density at radius 2 is 0.736 bits per heavy atom. The Bertz CT molecular complexity index is 7460. The third-order valence-corrected chi connectivity index (χ3v) is 22.3. The lowest BCUT2D eigenvalue weighted by Crippen LogP contribution is -2.09. The molecule has 0 radical (unpaired) electrons. The molecule has 14 aromatic heterocycles. The van der Waals surface area contributed by atoms with Crippen LogP contribution in [-0.2, 0) is 19.3 Å². The molecule has 0 amide bonds. The van der Waals surface area contributed by atoms with Crippen molar-refractivity contribution in [1.82, 2.24) is 105 Å². The lowest BCUT2D eigenvalue weighted by molar-refractivity contribution is -0.137. The van der Waals surface area contributed by atoms with Crippen molar-refractivity contribution in [2.24, 2.45) is 0 Å². The van der Waals surface area contributed by atoms with Gasteiger partial charge in [0, 0.05) is 74.8 Å². The molecule has 0 aliphatic heterocycles. The van der Waals surface area contributed by atoms with Gasteiger partial charge in [0.05, 0.1) is 116 Å². The van der Waals surface area contributed by atoms with Crippen LogP contribution in [0.3, 0.4) is 0 Å². The monoisotopic (exact) mass is 1690 g/mol. The fraction of sp³-hybridized carbons (Fsp3) is 0.0366. The van der Waals surface area contributed by atoms with Crippen LogP contribution in [0, 0.1) is 17.5 Å². The van der Waals surface area contributed by atoms with Crippen molar-refractivity contribution >= 4 is 222 Å². The highest BCUT2D eigenvalue weighted by molar-refractivity contribution is 7.18. The number of anilines is 14. The molecule has 29 nitrogen and oxygen atoms in total. The molecule has 0 atom stereocenters. The molecule has 8 aromatic carbocycles. The maximum Gasteiger partial charge on any atom is 0.416 e. The predicted molar refractivity (Wildman–Crippen MR) is 464 cm³/mol. The Hall–Kier alpha value is -15.6. The van der Waals surface area contributed by atoms with Crippen molar-refractivity contribution in [2.45, 2.75) is 19.3 Å². The first-order chi connectivity index (χ1) is 59.1. The van der Waals surface area contributed by atoms with E-state index in [1.807, 2.05) is 161 Å². The fourth-order valence-corrected chi connectivity index (χ4v) is 16.1. The Labute approximate surface area is 692 Å². The van der Waals surface area contributed by atoms with Crippen molar-refractivity contribution in [1.29, 1.82) is 0 Å². The SMILES string of the molecule is Fc1cc(CNc2nc(Nc3ccc4[nH]ncc4c3)c3sccc3n2)cc(C(F)(F)F)c1.Fc1cc(F)cc(CNc2nc(Nc3ccc4[nH]ncc4c3)c3sccc3n2)c1.c1nc2ccc(Nc3nc(Nc4ccc5[nH]ncc5c4)c4sccc4n3)cc2[nH]1.c1ncn(-c2ccc(Nc3nc(Nc4ccc5[nH]ncc5c4)c4sccc4n3)cc2)n1. The number of H-pyrrole nitrogens is 5. The Kier molecular flexibility index (Phi) is 20.5. The number of aromatic nitrogens is 21. The van der Waals surface area contributed by atoms with E-state index in [1.54, 1.807) is 64.8 Å². The van der Waals surface area contributed by atoms with Gasteiger partial charge in [-0.3, -0.25) is 20.4 Å². The van der Waals surface area contributed by atoms with Gasteiger partial charge in [-0.05, 0) is 203 Å². The first-order valence-corrected chi connectivity index (χ1v) is 40.2. The van der Waals surface area contributed by atoms with Crippen LogP contribution in [-0.4, -0.2) is 105 Å². The van der Waals surface area contributed by atoms with Crippen molar-refractivity contribution in [2.75, 3.05) is 42.5 Å². The molecule has 0 saturated carbocycles. The molecule has 0 aliphatic rings. The Morgan fingerprint density at radius 1 is 0.355 bits per heavy atom. The number of alkyl halides is 3.